The van der Waals surface area contributed by atoms with Gasteiger partial charge in [0.05, 0.1) is 5.69 Å². The molecule has 4 aromatic rings. The van der Waals surface area contributed by atoms with Crippen LogP contribution in [0.4, 0.5) is 57.9 Å². The Labute approximate surface area is 411 Å². The van der Waals surface area contributed by atoms with E-state index in [9.17, 15) is 44.7 Å². The van der Waals surface area contributed by atoms with Crippen molar-refractivity contribution in [3.63, 3.8) is 0 Å². The van der Waals surface area contributed by atoms with E-state index in [4.69, 9.17) is 0 Å². The van der Waals surface area contributed by atoms with Crippen molar-refractivity contribution in [1.29, 1.82) is 0 Å². The first kappa shape index (κ1) is 56.7. The second-order valence-corrected chi connectivity index (χ2v) is 21.4. The molecule has 1 heterocycles. The Kier molecular flexibility index (Phi) is 30.1. The van der Waals surface area contributed by atoms with E-state index in [2.05, 4.69) is 84.8 Å². The van der Waals surface area contributed by atoms with E-state index in [0.29, 0.717) is 20.8 Å². The Bertz CT molecular complexity index is 1910. The summed E-state index contributed by atoms with van der Waals surface area (Å²) in [5, 5.41) is 9.18. The van der Waals surface area contributed by atoms with Crippen molar-refractivity contribution in [2.75, 3.05) is 15.6 Å². The molecule has 1 unspecified atom stereocenters. The van der Waals surface area contributed by atoms with Crippen LogP contribution in [0.1, 0.15) is 9.27 Å². The summed E-state index contributed by atoms with van der Waals surface area (Å²) in [6, 6.07) is 28.7. The molecule has 56 heavy (non-hydrogen) atoms. The maximum absolute atomic E-state index is 13.7. The Morgan fingerprint density at radius 3 is 1.84 bits per heavy atom. The van der Waals surface area contributed by atoms with Crippen LogP contribution in [-0.4, -0.2) is 35.9 Å². The van der Waals surface area contributed by atoms with E-state index >= 15 is 0 Å². The summed E-state index contributed by atoms with van der Waals surface area (Å²) in [6.45, 7) is 3.24. The normalized spacial score (nSPS) is 12.3. The van der Waals surface area contributed by atoms with E-state index in [1.165, 1.54) is 24.3 Å². The third-order valence-corrected chi connectivity index (χ3v) is 5.99. The number of nitrogens with zero attached hydrogens (tertiary/aromatic N) is 4. The number of halogens is 10. The van der Waals surface area contributed by atoms with Crippen LogP contribution in [0.3, 0.4) is 0 Å². The van der Waals surface area contributed by atoms with E-state index in [-0.39, 0.29) is 98.2 Å². The van der Waals surface area contributed by atoms with Crippen LogP contribution in [-0.2, 0) is 103 Å². The largest absolute Gasteiger partial charge is 0 e. The summed E-state index contributed by atoms with van der Waals surface area (Å²) < 4.78 is 100. The van der Waals surface area contributed by atoms with Gasteiger partial charge in [0, 0.05) is 105 Å². The number of hydrogen-bond donors (Lipinski definition) is 2. The average molecular weight is 1240 g/mol. The molecule has 0 saturated carbocycles. The number of carbonyl (C=O) groups excluding carboxylic acids is 2. The van der Waals surface area contributed by atoms with Gasteiger partial charge >= 0.3 is 67.8 Å². The molecule has 1 atom stereocenters. The SMILES string of the molecule is C=CC(=O)Nc1cc[c-]cc1F.FC(F)(F)C#[N+][N-]c1ccccc1.O=C(Nc1cc[c-]cc1F)C1CC(C(F)(F)F)=NN1c1ccccc1.[2HH].[2HH].[I][V][I].[V].[Y].[Y]. The Balaban J connectivity index is -0.000000379. The third-order valence-electron chi connectivity index (χ3n) is 5.99. The van der Waals surface area contributed by atoms with Gasteiger partial charge in [-0.25, -0.2) is 0 Å². The zero-order chi connectivity index (χ0) is 39.4. The minimum Gasteiger partial charge on any atom is 0 e. The molecule has 0 aliphatic carbocycles. The smallest absolute Gasteiger partial charge is 0 e. The van der Waals surface area contributed by atoms with E-state index in [1.807, 2.05) is 0 Å². The maximum atomic E-state index is 13.7. The van der Waals surface area contributed by atoms with E-state index < -0.39 is 54.0 Å². The number of carbonyl (C=O) groups is 2. The number of nitrogens with one attached hydrogen (secondary N) is 2. The van der Waals surface area contributed by atoms with Gasteiger partial charge in [-0.05, 0) is 29.6 Å². The molecule has 0 bridgehead atoms. The maximum Gasteiger partial charge on any atom is 0 e. The molecular formula is C34H28F8I2N6O2V2Y2-2. The standard InChI is InChI=1S/C17H12F4N3O.C9H7FNO.C8H5F3N2.2HI.2V.2Y.2H2/c18-12-8-4-5-9-13(12)22-16(25)14-10-15(17(19,20)21)23-24(14)11-6-2-1-3-7-11;1-2-9(12)11-8-6-4-3-5-7(8)10;9-8(10,11)6-12-13-7-4-2-1-3-5-7;;;;;;;;/h1-3,5-9,14H,10H2,(H,22,25);2,4-6H,1H2,(H,11,12);1-5H;2*1H;;;;;2*1H/q2*-1;;;;;+2;;;;/p-2/i;;;;;;;;;2*1+1. The van der Waals surface area contributed by atoms with Gasteiger partial charge in [-0.1, -0.05) is 65.8 Å². The second-order valence-electron chi connectivity index (χ2n) is 9.65. The van der Waals surface area contributed by atoms with Gasteiger partial charge in [0.1, 0.15) is 11.8 Å². The van der Waals surface area contributed by atoms with Gasteiger partial charge in [-0.3, -0.25) is 28.8 Å². The van der Waals surface area contributed by atoms with Crippen molar-refractivity contribution in [2.45, 2.75) is 24.8 Å². The van der Waals surface area contributed by atoms with Crippen LogP contribution in [0.2, 0.25) is 0 Å². The summed E-state index contributed by atoms with van der Waals surface area (Å²) in [5.74, 6) is -2.44. The van der Waals surface area contributed by atoms with Crippen molar-refractivity contribution in [3.8, 4) is 6.07 Å². The van der Waals surface area contributed by atoms with Crippen LogP contribution in [0.15, 0.2) is 115 Å². The fourth-order valence-electron chi connectivity index (χ4n) is 3.76. The number of hydrogen-bond acceptors (Lipinski definition) is 4. The molecule has 0 spiro atoms. The summed E-state index contributed by atoms with van der Waals surface area (Å²) in [4.78, 5) is 25.9. The van der Waals surface area contributed by atoms with Gasteiger partial charge in [0.15, 0.2) is 0 Å². The minimum atomic E-state index is -4.64. The first-order valence-electron chi connectivity index (χ1n) is 14.4. The fraction of sp³-hybridized carbons (Fsp3) is 0.118. The predicted molar refractivity (Wildman–Crippen MR) is 204 cm³/mol. The summed E-state index contributed by atoms with van der Waals surface area (Å²) >= 11 is 4.74. The number of amides is 2. The van der Waals surface area contributed by atoms with Crippen molar-refractivity contribution < 1.29 is 141 Å². The average Bonchev–Trinajstić information content (AvgIpc) is 3.59. The summed E-state index contributed by atoms with van der Waals surface area (Å²) in [6.07, 6.45) is -8.71. The monoisotopic (exact) mass is 1240 g/mol. The van der Waals surface area contributed by atoms with Crippen LogP contribution in [0, 0.1) is 29.8 Å². The molecule has 4 aromatic carbocycles. The fourth-order valence-corrected chi connectivity index (χ4v) is 3.76. The first-order valence-corrected chi connectivity index (χ1v) is 23.4. The quantitative estimate of drug-likeness (QED) is 0.0662. The molecular weight excluding hydrogens is 1210 g/mol. The number of anilines is 3. The van der Waals surface area contributed by atoms with Crippen LogP contribution in [0.25, 0.3) is 10.4 Å². The molecule has 8 nitrogen and oxygen atoms in total. The zero-order valence-corrected chi connectivity index (χ0v) is 41.0. The van der Waals surface area contributed by atoms with Gasteiger partial charge in [0.25, 0.3) is 0 Å². The molecule has 0 fully saturated rings. The third kappa shape index (κ3) is 22.1. The summed E-state index contributed by atoms with van der Waals surface area (Å²) in [5.41, 5.74) is 2.94. The molecule has 1 aliphatic heterocycles. The van der Waals surface area contributed by atoms with Crippen molar-refractivity contribution in [3.05, 3.63) is 144 Å². The number of alkyl halides is 6. The number of benzene rings is 4. The molecule has 0 aromatic heterocycles. The number of rotatable bonds is 6. The number of hydrazone groups is 1. The predicted octanol–water partition coefficient (Wildman–Crippen LogP) is 11.3. The van der Waals surface area contributed by atoms with Gasteiger partial charge in [-0.15, -0.1) is 24.3 Å². The van der Waals surface area contributed by atoms with Crippen LogP contribution >= 0.6 is 40.0 Å². The van der Waals surface area contributed by atoms with Crippen molar-refractivity contribution in [1.82, 2.24) is 0 Å². The molecule has 3 radical (unpaired) electrons. The van der Waals surface area contributed by atoms with Gasteiger partial charge in [0.2, 0.25) is 11.8 Å². The zero-order valence-electron chi connectivity index (χ0n) is 28.2. The van der Waals surface area contributed by atoms with Crippen molar-refractivity contribution >= 4 is 80.2 Å². The Hall–Kier alpha value is -1.40. The Morgan fingerprint density at radius 2 is 1.39 bits per heavy atom. The van der Waals surface area contributed by atoms with Crippen molar-refractivity contribution in [2.24, 2.45) is 5.10 Å². The molecule has 2 amide bonds. The molecule has 0 saturated heterocycles. The van der Waals surface area contributed by atoms with E-state index in [1.54, 1.807) is 60.7 Å². The first-order chi connectivity index (χ1) is 25.1. The van der Waals surface area contributed by atoms with Crippen LogP contribution < -0.4 is 15.6 Å². The molecule has 1 aliphatic rings. The summed E-state index contributed by atoms with van der Waals surface area (Å²) in [7, 11) is 0.628. The Morgan fingerprint density at radius 1 is 0.911 bits per heavy atom. The topological polar surface area (TPSA) is 92.3 Å². The van der Waals surface area contributed by atoms with E-state index in [0.717, 1.165) is 29.3 Å². The number of para-hydroxylation sites is 1. The molecule has 22 heteroatoms. The van der Waals surface area contributed by atoms with Crippen LogP contribution in [0.5, 0.6) is 0 Å². The second kappa shape index (κ2) is 29.7. The molecule has 2 N–H and O–H groups in total. The van der Waals surface area contributed by atoms with Gasteiger partial charge < -0.3 is 10.6 Å². The molecule has 5 rings (SSSR count). The molecule has 294 valence electrons. The van der Waals surface area contributed by atoms with Gasteiger partial charge in [-0.2, -0.15) is 55.7 Å². The minimum absolute atomic E-state index is 0.